The molecule has 1 amide bonds. The maximum absolute atomic E-state index is 11.9. The van der Waals surface area contributed by atoms with Crippen LogP contribution in [0, 0.1) is 0 Å². The van der Waals surface area contributed by atoms with Crippen LogP contribution in [0.3, 0.4) is 0 Å². The van der Waals surface area contributed by atoms with E-state index in [9.17, 15) is 9.90 Å². The zero-order valence-electron chi connectivity index (χ0n) is 11.8. The predicted molar refractivity (Wildman–Crippen MR) is 84.3 cm³/mol. The zero-order valence-corrected chi connectivity index (χ0v) is 12.6. The van der Waals surface area contributed by atoms with Gasteiger partial charge < -0.3 is 15.2 Å². The number of phenols is 1. The lowest BCUT2D eigenvalue weighted by atomic mass is 10.1. The Morgan fingerprint density at radius 3 is 2.86 bits per heavy atom. The number of ether oxygens (including phenoxy) is 1. The summed E-state index contributed by atoms with van der Waals surface area (Å²) in [6.07, 6.45) is 0.905. The Kier molecular flexibility index (Phi) is 4.20. The van der Waals surface area contributed by atoms with Gasteiger partial charge in [0, 0.05) is 17.0 Å². The molecule has 22 heavy (non-hydrogen) atoms. The second-order valence-corrected chi connectivity index (χ2v) is 5.76. The number of aromatic hydroxyl groups is 1. The fourth-order valence-electron chi connectivity index (χ4n) is 2.43. The quantitative estimate of drug-likeness (QED) is 0.891. The first kappa shape index (κ1) is 14.7. The molecule has 2 atom stereocenters. The topological polar surface area (TPSA) is 58.6 Å². The molecule has 1 aliphatic carbocycles. The number of carbonyl (C=O) groups excluding carboxylic acids is 1. The number of hydrogen-bond donors (Lipinski definition) is 2. The number of para-hydroxylation sites is 2. The molecule has 2 aromatic rings. The van der Waals surface area contributed by atoms with Crippen molar-refractivity contribution in [1.82, 2.24) is 5.32 Å². The highest BCUT2D eigenvalue weighted by atomic mass is 35.5. The molecule has 4 nitrogen and oxygen atoms in total. The summed E-state index contributed by atoms with van der Waals surface area (Å²) in [6, 6.07) is 14.4. The smallest absolute Gasteiger partial charge is 0.258 e. The second kappa shape index (κ2) is 6.28. The van der Waals surface area contributed by atoms with E-state index < -0.39 is 0 Å². The Hall–Kier alpha value is -2.20. The standard InChI is InChI=1S/C17H16ClNO3/c18-12-5-3-4-11(8-12)13-9-14(13)19-17(21)10-22-16-7-2-1-6-15(16)20/h1-8,13-14,20H,9-10H2,(H,19,21). The number of phenolic OH excluding ortho intramolecular Hbond substituents is 1. The normalized spacial score (nSPS) is 19.5. The molecule has 2 unspecified atom stereocenters. The van der Waals surface area contributed by atoms with Gasteiger partial charge in [-0.2, -0.15) is 0 Å². The SMILES string of the molecule is O=C(COc1ccccc1O)NC1CC1c1cccc(Cl)c1. The summed E-state index contributed by atoms with van der Waals surface area (Å²) in [6.45, 7) is -0.115. The van der Waals surface area contributed by atoms with E-state index in [0.717, 1.165) is 12.0 Å². The van der Waals surface area contributed by atoms with Crippen LogP contribution >= 0.6 is 11.6 Å². The largest absolute Gasteiger partial charge is 0.504 e. The summed E-state index contributed by atoms with van der Waals surface area (Å²) in [5, 5.41) is 13.2. The third-order valence-corrected chi connectivity index (χ3v) is 3.87. The first-order chi connectivity index (χ1) is 10.6. The molecular formula is C17H16ClNO3. The van der Waals surface area contributed by atoms with Crippen LogP contribution in [0.1, 0.15) is 17.9 Å². The Balaban J connectivity index is 1.49. The van der Waals surface area contributed by atoms with Gasteiger partial charge in [-0.05, 0) is 36.2 Å². The van der Waals surface area contributed by atoms with Crippen molar-refractivity contribution in [1.29, 1.82) is 0 Å². The maximum atomic E-state index is 11.9. The van der Waals surface area contributed by atoms with Crippen molar-refractivity contribution < 1.29 is 14.6 Å². The van der Waals surface area contributed by atoms with Crippen molar-refractivity contribution in [3.63, 3.8) is 0 Å². The van der Waals surface area contributed by atoms with E-state index in [4.69, 9.17) is 16.3 Å². The maximum Gasteiger partial charge on any atom is 0.258 e. The Morgan fingerprint density at radius 2 is 2.09 bits per heavy atom. The molecular weight excluding hydrogens is 302 g/mol. The zero-order chi connectivity index (χ0) is 15.5. The fraction of sp³-hybridized carbons (Fsp3) is 0.235. The molecule has 5 heteroatoms. The van der Waals surface area contributed by atoms with Gasteiger partial charge in [0.15, 0.2) is 18.1 Å². The van der Waals surface area contributed by atoms with Crippen LogP contribution in [0.5, 0.6) is 11.5 Å². The van der Waals surface area contributed by atoms with Gasteiger partial charge in [0.1, 0.15) is 0 Å². The minimum absolute atomic E-state index is 0.0264. The molecule has 1 aliphatic rings. The molecule has 2 N–H and O–H groups in total. The van der Waals surface area contributed by atoms with Crippen LogP contribution < -0.4 is 10.1 Å². The lowest BCUT2D eigenvalue weighted by molar-refractivity contribution is -0.123. The first-order valence-corrected chi connectivity index (χ1v) is 7.47. The third-order valence-electron chi connectivity index (χ3n) is 3.64. The highest BCUT2D eigenvalue weighted by Gasteiger charge is 2.39. The average molecular weight is 318 g/mol. The van der Waals surface area contributed by atoms with Crippen LogP contribution in [0.25, 0.3) is 0 Å². The van der Waals surface area contributed by atoms with Crippen molar-refractivity contribution in [3.8, 4) is 11.5 Å². The predicted octanol–water partition coefficient (Wildman–Crippen LogP) is 3.10. The first-order valence-electron chi connectivity index (χ1n) is 7.09. The highest BCUT2D eigenvalue weighted by molar-refractivity contribution is 6.30. The van der Waals surface area contributed by atoms with E-state index >= 15 is 0 Å². The van der Waals surface area contributed by atoms with Crippen molar-refractivity contribution in [2.75, 3.05) is 6.61 Å². The Labute approximate surface area is 133 Å². The second-order valence-electron chi connectivity index (χ2n) is 5.33. The third kappa shape index (κ3) is 3.52. The number of amides is 1. The van der Waals surface area contributed by atoms with Crippen molar-refractivity contribution in [2.45, 2.75) is 18.4 Å². The lowest BCUT2D eigenvalue weighted by Gasteiger charge is -2.08. The van der Waals surface area contributed by atoms with E-state index in [1.165, 1.54) is 6.07 Å². The van der Waals surface area contributed by atoms with Gasteiger partial charge in [0.25, 0.3) is 5.91 Å². The van der Waals surface area contributed by atoms with Crippen molar-refractivity contribution in [2.24, 2.45) is 0 Å². The number of carbonyl (C=O) groups is 1. The summed E-state index contributed by atoms with van der Waals surface area (Å²) < 4.78 is 5.30. The van der Waals surface area contributed by atoms with Gasteiger partial charge in [-0.25, -0.2) is 0 Å². The number of halogens is 1. The molecule has 0 spiro atoms. The van der Waals surface area contributed by atoms with Crippen LogP contribution in [0.15, 0.2) is 48.5 Å². The molecule has 114 valence electrons. The summed E-state index contributed by atoms with van der Waals surface area (Å²) >= 11 is 5.97. The number of hydrogen-bond acceptors (Lipinski definition) is 3. The van der Waals surface area contributed by atoms with Gasteiger partial charge >= 0.3 is 0 Å². The molecule has 2 aromatic carbocycles. The molecule has 0 radical (unpaired) electrons. The van der Waals surface area contributed by atoms with E-state index in [2.05, 4.69) is 5.32 Å². The van der Waals surface area contributed by atoms with E-state index in [1.54, 1.807) is 18.2 Å². The molecule has 0 aromatic heterocycles. The van der Waals surface area contributed by atoms with Crippen LogP contribution in [-0.2, 0) is 4.79 Å². The van der Waals surface area contributed by atoms with Crippen molar-refractivity contribution in [3.05, 3.63) is 59.1 Å². The van der Waals surface area contributed by atoms with Crippen LogP contribution in [0.2, 0.25) is 5.02 Å². The van der Waals surface area contributed by atoms with E-state index in [-0.39, 0.29) is 24.3 Å². The van der Waals surface area contributed by atoms with Gasteiger partial charge in [0.2, 0.25) is 0 Å². The molecule has 1 saturated carbocycles. The number of nitrogens with one attached hydrogen (secondary N) is 1. The minimum Gasteiger partial charge on any atom is -0.504 e. The van der Waals surface area contributed by atoms with E-state index in [0.29, 0.717) is 16.7 Å². The van der Waals surface area contributed by atoms with Crippen LogP contribution in [0.4, 0.5) is 0 Å². The van der Waals surface area contributed by atoms with E-state index in [1.807, 2.05) is 24.3 Å². The molecule has 0 heterocycles. The fourth-order valence-corrected chi connectivity index (χ4v) is 2.63. The summed E-state index contributed by atoms with van der Waals surface area (Å²) in [5.74, 6) is 0.448. The van der Waals surface area contributed by atoms with Gasteiger partial charge in [0.05, 0.1) is 0 Å². The molecule has 0 bridgehead atoms. The average Bonchev–Trinajstić information content (AvgIpc) is 3.25. The molecule has 3 rings (SSSR count). The van der Waals surface area contributed by atoms with Gasteiger partial charge in [-0.15, -0.1) is 0 Å². The monoisotopic (exact) mass is 317 g/mol. The Morgan fingerprint density at radius 1 is 1.27 bits per heavy atom. The van der Waals surface area contributed by atoms with Crippen LogP contribution in [-0.4, -0.2) is 23.7 Å². The number of rotatable bonds is 5. The molecule has 1 fully saturated rings. The van der Waals surface area contributed by atoms with Gasteiger partial charge in [-0.3, -0.25) is 4.79 Å². The number of benzene rings is 2. The molecule has 0 aliphatic heterocycles. The summed E-state index contributed by atoms with van der Waals surface area (Å²) in [7, 11) is 0. The highest BCUT2D eigenvalue weighted by Crippen LogP contribution is 2.41. The molecule has 0 saturated heterocycles. The van der Waals surface area contributed by atoms with Crippen molar-refractivity contribution >= 4 is 17.5 Å². The lowest BCUT2D eigenvalue weighted by Crippen LogP contribution is -2.31. The summed E-state index contributed by atoms with van der Waals surface area (Å²) in [5.41, 5.74) is 1.14. The summed E-state index contributed by atoms with van der Waals surface area (Å²) in [4.78, 5) is 11.9. The Bertz CT molecular complexity index is 689. The minimum atomic E-state index is -0.196. The van der Waals surface area contributed by atoms with Gasteiger partial charge in [-0.1, -0.05) is 35.9 Å².